The van der Waals surface area contributed by atoms with Gasteiger partial charge < -0.3 is 9.15 Å². The van der Waals surface area contributed by atoms with Crippen molar-refractivity contribution in [2.75, 3.05) is 12.0 Å². The Balaban J connectivity index is 1.74. The number of nitro benzene ring substituents is 1. The second-order valence-corrected chi connectivity index (χ2v) is 7.95. The molecule has 0 amide bonds. The fourth-order valence-electron chi connectivity index (χ4n) is 3.40. The Hall–Kier alpha value is -4.98. The molecule has 0 bridgehead atoms. The molecule has 0 atom stereocenters. The van der Waals surface area contributed by atoms with Crippen molar-refractivity contribution in [3.05, 3.63) is 82.0 Å². The van der Waals surface area contributed by atoms with E-state index in [0.29, 0.717) is 29.3 Å². The summed E-state index contributed by atoms with van der Waals surface area (Å²) in [5.74, 6) is 0.735. The lowest BCUT2D eigenvalue weighted by atomic mass is 10.1. The third-order valence-corrected chi connectivity index (χ3v) is 5.11. The number of hydrogen-bond donors (Lipinski definition) is 1. The number of aromatic nitrogens is 3. The highest BCUT2D eigenvalue weighted by atomic mass is 16.6. The molecule has 0 radical (unpaired) electrons. The van der Waals surface area contributed by atoms with Gasteiger partial charge >= 0.3 is 5.69 Å². The van der Waals surface area contributed by atoms with Crippen LogP contribution in [-0.2, 0) is 0 Å². The van der Waals surface area contributed by atoms with Gasteiger partial charge in [0.1, 0.15) is 11.8 Å². The van der Waals surface area contributed by atoms with Gasteiger partial charge in [0, 0.05) is 29.3 Å². The van der Waals surface area contributed by atoms with Crippen LogP contribution in [0.15, 0.2) is 64.2 Å². The fourth-order valence-corrected chi connectivity index (χ4v) is 3.40. The Labute approximate surface area is 206 Å². The molecule has 11 heteroatoms. The van der Waals surface area contributed by atoms with Crippen LogP contribution >= 0.6 is 0 Å². The zero-order chi connectivity index (χ0) is 25.7. The second-order valence-electron chi connectivity index (χ2n) is 7.95. The van der Waals surface area contributed by atoms with Crippen LogP contribution < -0.4 is 10.2 Å². The average Bonchev–Trinajstić information content (AvgIpc) is 3.49. The molecule has 36 heavy (non-hydrogen) atoms. The molecular weight excluding hydrogens is 462 g/mol. The molecule has 0 aliphatic rings. The van der Waals surface area contributed by atoms with Crippen LogP contribution in [0.2, 0.25) is 0 Å². The van der Waals surface area contributed by atoms with Gasteiger partial charge in [0.25, 0.3) is 5.88 Å². The molecule has 11 nitrogen and oxygen atoms in total. The highest BCUT2D eigenvalue weighted by molar-refractivity contribution is 5.89. The number of hydrogen-bond acceptors (Lipinski definition) is 9. The van der Waals surface area contributed by atoms with E-state index in [1.54, 1.807) is 29.9 Å². The molecule has 0 fully saturated rings. The van der Waals surface area contributed by atoms with Gasteiger partial charge in [-0.1, -0.05) is 32.0 Å². The van der Waals surface area contributed by atoms with Crippen molar-refractivity contribution in [3.8, 4) is 28.8 Å². The molecule has 0 saturated carbocycles. The first-order valence-electron chi connectivity index (χ1n) is 11.2. The van der Waals surface area contributed by atoms with Crippen LogP contribution in [0.1, 0.15) is 43.8 Å². The Morgan fingerprint density at radius 2 is 2.08 bits per heavy atom. The third kappa shape index (κ3) is 5.07. The topological polar surface area (TPSA) is 144 Å². The summed E-state index contributed by atoms with van der Waals surface area (Å²) in [4.78, 5) is 15.3. The lowest BCUT2D eigenvalue weighted by molar-refractivity contribution is -0.385. The predicted octanol–water partition coefficient (Wildman–Crippen LogP) is 5.28. The van der Waals surface area contributed by atoms with Crippen molar-refractivity contribution in [1.82, 2.24) is 14.8 Å². The molecule has 0 aliphatic heterocycles. The molecule has 4 aromatic rings. The first-order valence-corrected chi connectivity index (χ1v) is 11.2. The number of hydrazone groups is 1. The van der Waals surface area contributed by atoms with Gasteiger partial charge in [0.2, 0.25) is 11.6 Å². The zero-order valence-corrected chi connectivity index (χ0v) is 19.9. The van der Waals surface area contributed by atoms with E-state index in [1.165, 1.54) is 12.3 Å². The maximum atomic E-state index is 11.7. The van der Waals surface area contributed by atoms with Gasteiger partial charge in [-0.25, -0.2) is 15.1 Å². The number of anilines is 1. The Bertz CT molecular complexity index is 1450. The van der Waals surface area contributed by atoms with Gasteiger partial charge in [-0.05, 0) is 31.2 Å². The summed E-state index contributed by atoms with van der Waals surface area (Å²) < 4.78 is 12.7. The molecular formula is C25H23N7O4. The summed E-state index contributed by atoms with van der Waals surface area (Å²) >= 11 is 0. The lowest BCUT2D eigenvalue weighted by Crippen LogP contribution is -1.98. The molecule has 4 rings (SSSR count). The van der Waals surface area contributed by atoms with Gasteiger partial charge in [0.15, 0.2) is 5.75 Å². The van der Waals surface area contributed by atoms with Crippen LogP contribution in [-0.4, -0.2) is 32.5 Å². The predicted molar refractivity (Wildman–Crippen MR) is 133 cm³/mol. The molecule has 0 aliphatic carbocycles. The van der Waals surface area contributed by atoms with Crippen molar-refractivity contribution in [3.63, 3.8) is 0 Å². The van der Waals surface area contributed by atoms with Crippen LogP contribution in [0, 0.1) is 21.4 Å². The third-order valence-electron chi connectivity index (χ3n) is 5.11. The first kappa shape index (κ1) is 24.2. The van der Waals surface area contributed by atoms with Crippen LogP contribution in [0.25, 0.3) is 16.9 Å². The van der Waals surface area contributed by atoms with Gasteiger partial charge in [-0.15, -0.1) is 0 Å². The summed E-state index contributed by atoms with van der Waals surface area (Å²) in [6.07, 6.45) is 3.26. The molecule has 1 N–H and O–H groups in total. The van der Waals surface area contributed by atoms with Crippen molar-refractivity contribution in [1.29, 1.82) is 5.26 Å². The first-order chi connectivity index (χ1) is 17.4. The molecule has 0 saturated heterocycles. The highest BCUT2D eigenvalue weighted by Crippen LogP contribution is 2.33. The van der Waals surface area contributed by atoms with Crippen LogP contribution in [0.5, 0.6) is 5.75 Å². The van der Waals surface area contributed by atoms with Gasteiger partial charge in [-0.3, -0.25) is 10.1 Å². The van der Waals surface area contributed by atoms with Crippen molar-refractivity contribution < 1.29 is 14.1 Å². The number of benzene rings is 2. The summed E-state index contributed by atoms with van der Waals surface area (Å²) in [7, 11) is 0. The highest BCUT2D eigenvalue weighted by Gasteiger charge is 2.20. The maximum absolute atomic E-state index is 11.7. The largest absolute Gasteiger partial charge is 0.487 e. The number of oxazole rings is 1. The van der Waals surface area contributed by atoms with Crippen molar-refractivity contribution >= 4 is 17.8 Å². The van der Waals surface area contributed by atoms with Crippen molar-refractivity contribution in [2.24, 2.45) is 5.10 Å². The second kappa shape index (κ2) is 10.5. The van der Waals surface area contributed by atoms with E-state index in [1.807, 2.05) is 50.2 Å². The van der Waals surface area contributed by atoms with E-state index in [2.05, 4.69) is 20.6 Å². The van der Waals surface area contributed by atoms with E-state index >= 15 is 0 Å². The number of nitro groups is 1. The molecule has 0 spiro atoms. The molecule has 2 aromatic carbocycles. The number of nitrogens with one attached hydrogen (secondary N) is 1. The summed E-state index contributed by atoms with van der Waals surface area (Å²) in [6.45, 7) is 5.87. The molecule has 0 unspecified atom stereocenters. The molecule has 2 heterocycles. The molecule has 2 aromatic heterocycles. The molecule has 182 valence electrons. The van der Waals surface area contributed by atoms with Crippen LogP contribution in [0.4, 0.5) is 11.6 Å². The smallest absolute Gasteiger partial charge is 0.311 e. The van der Waals surface area contributed by atoms with Gasteiger partial charge in [0.05, 0.1) is 23.4 Å². The number of rotatable bonds is 9. The standard InChI is InChI=1S/C25H23N7O4/c1-4-35-22-11-10-17(12-21(22)32(33)34)23-18(15-31(30-23)19-8-6-5-7-9-19)14-27-29-25-20(13-26)28-24(36-25)16(2)3/h5-12,14-16,29H,4H2,1-3H3. The van der Waals surface area contributed by atoms with E-state index in [4.69, 9.17) is 9.15 Å². The minimum Gasteiger partial charge on any atom is -0.487 e. The number of nitriles is 1. The SMILES string of the molecule is CCOc1ccc(-c2nn(-c3ccccc3)cc2C=NNc2oc(C(C)C)nc2C#N)cc1[N+](=O)[O-]. The van der Waals surface area contributed by atoms with Gasteiger partial charge in [-0.2, -0.15) is 15.5 Å². The van der Waals surface area contributed by atoms with E-state index in [0.717, 1.165) is 5.69 Å². The minimum atomic E-state index is -0.488. The summed E-state index contributed by atoms with van der Waals surface area (Å²) in [5, 5.41) is 29.9. The summed E-state index contributed by atoms with van der Waals surface area (Å²) in [6, 6.07) is 16.1. The number of nitrogens with zero attached hydrogens (tertiary/aromatic N) is 6. The monoisotopic (exact) mass is 485 g/mol. The van der Waals surface area contributed by atoms with E-state index < -0.39 is 4.92 Å². The quantitative estimate of drug-likeness (QED) is 0.192. The minimum absolute atomic E-state index is 0.00258. The Morgan fingerprint density at radius 1 is 1.31 bits per heavy atom. The Kier molecular flexibility index (Phi) is 7.06. The average molecular weight is 486 g/mol. The number of para-hydroxylation sites is 1. The van der Waals surface area contributed by atoms with E-state index in [9.17, 15) is 15.4 Å². The number of ether oxygens (including phenoxy) is 1. The van der Waals surface area contributed by atoms with Crippen LogP contribution in [0.3, 0.4) is 0 Å². The normalized spacial score (nSPS) is 11.1. The summed E-state index contributed by atoms with van der Waals surface area (Å²) in [5.41, 5.74) is 5.02. The van der Waals surface area contributed by atoms with Crippen molar-refractivity contribution in [2.45, 2.75) is 26.7 Å². The maximum Gasteiger partial charge on any atom is 0.311 e. The Morgan fingerprint density at radius 3 is 2.75 bits per heavy atom. The van der Waals surface area contributed by atoms with E-state index in [-0.39, 0.29) is 28.9 Å². The fraction of sp³-hybridized carbons (Fsp3) is 0.200. The lowest BCUT2D eigenvalue weighted by Gasteiger charge is -2.06. The zero-order valence-electron chi connectivity index (χ0n) is 19.9.